The summed E-state index contributed by atoms with van der Waals surface area (Å²) >= 11 is 0. The van der Waals surface area contributed by atoms with Crippen molar-refractivity contribution in [1.29, 1.82) is 0 Å². The van der Waals surface area contributed by atoms with E-state index in [1.54, 1.807) is 0 Å². The minimum absolute atomic E-state index is 0.217. The minimum atomic E-state index is -1.25. The highest BCUT2D eigenvalue weighted by Gasteiger charge is 2.14. The van der Waals surface area contributed by atoms with Gasteiger partial charge in [-0.1, -0.05) is 24.3 Å². The van der Waals surface area contributed by atoms with Crippen molar-refractivity contribution >= 4 is 6.16 Å². The van der Waals surface area contributed by atoms with Gasteiger partial charge in [0.15, 0.2) is 0 Å². The van der Waals surface area contributed by atoms with E-state index in [1.165, 1.54) is 11.1 Å². The maximum Gasteiger partial charge on any atom is 0.505 e. The summed E-state index contributed by atoms with van der Waals surface area (Å²) in [6.45, 7) is 6.13. The second-order valence-corrected chi connectivity index (χ2v) is 4.01. The molecule has 0 spiro atoms. The molecule has 0 bridgehead atoms. The van der Waals surface area contributed by atoms with E-state index < -0.39 is 6.16 Å². The zero-order chi connectivity index (χ0) is 12.8. The predicted octanol–water partition coefficient (Wildman–Crippen LogP) is 2.50. The number of hydrogen-bond acceptors (Lipinski definition) is 3. The Balaban J connectivity index is 0.000000385. The van der Waals surface area contributed by atoms with E-state index in [9.17, 15) is 0 Å². The maximum atomic E-state index is 9.15. The molecule has 0 aliphatic carbocycles. The second kappa shape index (κ2) is 6.12. The first-order valence-corrected chi connectivity index (χ1v) is 4.91. The van der Waals surface area contributed by atoms with E-state index in [0.717, 1.165) is 7.11 Å². The van der Waals surface area contributed by atoms with Gasteiger partial charge in [0.2, 0.25) is 0 Å². The SMILES string of the molecule is COC(=O)O.Cc1ccccc1C(C)(C)N. The minimum Gasteiger partial charge on any atom is -0.450 e. The number of hydrogen-bond donors (Lipinski definition) is 2. The highest BCUT2D eigenvalue weighted by molar-refractivity contribution is 5.56. The highest BCUT2D eigenvalue weighted by Crippen LogP contribution is 2.19. The number of aryl methyl sites for hydroxylation is 1. The average Bonchev–Trinajstić information content (AvgIpc) is 2.17. The van der Waals surface area contributed by atoms with Crippen molar-refractivity contribution in [2.75, 3.05) is 7.11 Å². The van der Waals surface area contributed by atoms with Crippen LogP contribution in [0.4, 0.5) is 4.79 Å². The van der Waals surface area contributed by atoms with Gasteiger partial charge in [-0.15, -0.1) is 0 Å². The van der Waals surface area contributed by atoms with Crippen LogP contribution in [0.1, 0.15) is 25.0 Å². The van der Waals surface area contributed by atoms with Crippen molar-refractivity contribution in [3.8, 4) is 0 Å². The van der Waals surface area contributed by atoms with Crippen LogP contribution in [0.15, 0.2) is 24.3 Å². The summed E-state index contributed by atoms with van der Waals surface area (Å²) in [5.41, 5.74) is 8.23. The Kier molecular flexibility index (Phi) is 5.53. The molecule has 3 N–H and O–H groups in total. The van der Waals surface area contributed by atoms with E-state index in [0.29, 0.717) is 0 Å². The van der Waals surface area contributed by atoms with Crippen LogP contribution in [0, 0.1) is 6.92 Å². The van der Waals surface area contributed by atoms with Crippen molar-refractivity contribution in [3.05, 3.63) is 35.4 Å². The summed E-state index contributed by atoms with van der Waals surface area (Å²) in [5.74, 6) is 0. The molecule has 0 radical (unpaired) electrons. The molecule has 0 saturated heterocycles. The van der Waals surface area contributed by atoms with Crippen LogP contribution < -0.4 is 5.73 Å². The standard InChI is InChI=1S/C10H15N.C2H4O3/c1-8-6-4-5-7-9(8)10(2,3)11;1-5-2(3)4/h4-7H,11H2,1-3H3;1H3,(H,3,4). The summed E-state index contributed by atoms with van der Waals surface area (Å²) in [6, 6.07) is 8.22. The number of carboxylic acid groups (broad SMARTS) is 1. The molecular formula is C12H19NO3. The number of benzene rings is 1. The molecule has 4 heteroatoms. The van der Waals surface area contributed by atoms with E-state index in [1.807, 2.05) is 26.0 Å². The van der Waals surface area contributed by atoms with Gasteiger partial charge in [0.1, 0.15) is 0 Å². The van der Waals surface area contributed by atoms with Crippen LogP contribution in [0.25, 0.3) is 0 Å². The molecule has 0 heterocycles. The average molecular weight is 225 g/mol. The van der Waals surface area contributed by atoms with Crippen molar-refractivity contribution in [3.63, 3.8) is 0 Å². The lowest BCUT2D eigenvalue weighted by atomic mass is 9.92. The van der Waals surface area contributed by atoms with E-state index in [-0.39, 0.29) is 5.54 Å². The molecule has 0 aliphatic heterocycles. The molecule has 4 nitrogen and oxygen atoms in total. The van der Waals surface area contributed by atoms with E-state index in [4.69, 9.17) is 15.6 Å². The molecule has 0 atom stereocenters. The topological polar surface area (TPSA) is 72.5 Å². The van der Waals surface area contributed by atoms with Gasteiger partial charge < -0.3 is 15.6 Å². The monoisotopic (exact) mass is 225 g/mol. The van der Waals surface area contributed by atoms with Crippen molar-refractivity contribution in [2.45, 2.75) is 26.3 Å². The molecule has 1 rings (SSSR count). The number of ether oxygens (including phenoxy) is 1. The molecule has 0 fully saturated rings. The molecule has 1 aromatic rings. The molecule has 0 saturated carbocycles. The Morgan fingerprint density at radius 2 is 1.81 bits per heavy atom. The molecular weight excluding hydrogens is 206 g/mol. The fourth-order valence-electron chi connectivity index (χ4n) is 1.30. The lowest BCUT2D eigenvalue weighted by Gasteiger charge is -2.21. The number of nitrogens with two attached hydrogens (primary N) is 1. The van der Waals surface area contributed by atoms with Crippen LogP contribution in [-0.2, 0) is 10.3 Å². The smallest absolute Gasteiger partial charge is 0.450 e. The predicted molar refractivity (Wildman–Crippen MR) is 63.4 cm³/mol. The van der Waals surface area contributed by atoms with Crippen LogP contribution in [0.2, 0.25) is 0 Å². The van der Waals surface area contributed by atoms with Crippen LogP contribution in [0.5, 0.6) is 0 Å². The van der Waals surface area contributed by atoms with Crippen molar-refractivity contribution < 1.29 is 14.6 Å². The molecule has 90 valence electrons. The lowest BCUT2D eigenvalue weighted by Crippen LogP contribution is -2.29. The zero-order valence-corrected chi connectivity index (χ0v) is 10.2. The van der Waals surface area contributed by atoms with Crippen molar-refractivity contribution in [1.82, 2.24) is 0 Å². The Labute approximate surface area is 96.0 Å². The van der Waals surface area contributed by atoms with Crippen LogP contribution in [-0.4, -0.2) is 18.4 Å². The Morgan fingerprint density at radius 3 is 2.06 bits per heavy atom. The van der Waals surface area contributed by atoms with Gasteiger partial charge in [-0.25, -0.2) is 4.79 Å². The number of rotatable bonds is 1. The summed E-state index contributed by atoms with van der Waals surface area (Å²) in [6.07, 6.45) is -1.25. The Morgan fingerprint density at radius 1 is 1.38 bits per heavy atom. The van der Waals surface area contributed by atoms with Crippen LogP contribution in [0.3, 0.4) is 0 Å². The first kappa shape index (κ1) is 14.5. The maximum absolute atomic E-state index is 9.15. The normalized spacial score (nSPS) is 10.1. The van der Waals surface area contributed by atoms with Crippen molar-refractivity contribution in [2.24, 2.45) is 5.73 Å². The summed E-state index contributed by atoms with van der Waals surface area (Å²) in [7, 11) is 1.10. The third-order valence-electron chi connectivity index (χ3n) is 2.01. The zero-order valence-electron chi connectivity index (χ0n) is 10.2. The molecule has 1 aromatic carbocycles. The Hall–Kier alpha value is -1.55. The largest absolute Gasteiger partial charge is 0.505 e. The number of carbonyl (C=O) groups is 1. The van der Waals surface area contributed by atoms with Gasteiger partial charge in [-0.05, 0) is 31.9 Å². The van der Waals surface area contributed by atoms with Gasteiger partial charge >= 0.3 is 6.16 Å². The lowest BCUT2D eigenvalue weighted by molar-refractivity contribution is 0.114. The third kappa shape index (κ3) is 5.36. The van der Waals surface area contributed by atoms with Gasteiger partial charge in [-0.2, -0.15) is 0 Å². The molecule has 16 heavy (non-hydrogen) atoms. The highest BCUT2D eigenvalue weighted by atomic mass is 16.6. The summed E-state index contributed by atoms with van der Waals surface area (Å²) < 4.78 is 3.67. The number of methoxy groups -OCH3 is 1. The van der Waals surface area contributed by atoms with E-state index in [2.05, 4.69) is 23.8 Å². The quantitative estimate of drug-likeness (QED) is 0.720. The molecule has 0 aliphatic rings. The fraction of sp³-hybridized carbons (Fsp3) is 0.417. The fourth-order valence-corrected chi connectivity index (χ4v) is 1.30. The summed E-state index contributed by atoms with van der Waals surface area (Å²) in [4.78, 5) is 9.15. The van der Waals surface area contributed by atoms with Gasteiger partial charge in [0.05, 0.1) is 7.11 Å². The first-order valence-electron chi connectivity index (χ1n) is 4.91. The second-order valence-electron chi connectivity index (χ2n) is 4.01. The van der Waals surface area contributed by atoms with Crippen LogP contribution >= 0.6 is 0 Å². The molecule has 0 aromatic heterocycles. The van der Waals surface area contributed by atoms with Gasteiger partial charge in [-0.3, -0.25) is 0 Å². The summed E-state index contributed by atoms with van der Waals surface area (Å²) in [5, 5.41) is 7.50. The molecule has 0 unspecified atom stereocenters. The molecule has 0 amide bonds. The van der Waals surface area contributed by atoms with Gasteiger partial charge in [0, 0.05) is 5.54 Å². The van der Waals surface area contributed by atoms with E-state index >= 15 is 0 Å². The Bertz CT molecular complexity index is 342. The van der Waals surface area contributed by atoms with Gasteiger partial charge in [0.25, 0.3) is 0 Å². The first-order chi connectivity index (χ1) is 7.29. The third-order valence-corrected chi connectivity index (χ3v) is 2.01.